The maximum absolute atomic E-state index is 12.3. The Morgan fingerprint density at radius 2 is 1.92 bits per heavy atom. The molecule has 4 rings (SSSR count). The van der Waals surface area contributed by atoms with Gasteiger partial charge in [-0.3, -0.25) is 9.69 Å². The summed E-state index contributed by atoms with van der Waals surface area (Å²) in [6.07, 6.45) is 4.46. The van der Waals surface area contributed by atoms with Gasteiger partial charge in [-0.25, -0.2) is 0 Å². The molecular formula is C20H30ClNO2. The van der Waals surface area contributed by atoms with Crippen LogP contribution in [-0.4, -0.2) is 36.6 Å². The molecule has 2 aliphatic heterocycles. The molecule has 0 spiro atoms. The molecule has 24 heavy (non-hydrogen) atoms. The van der Waals surface area contributed by atoms with Crippen LogP contribution in [0.1, 0.15) is 38.7 Å². The van der Waals surface area contributed by atoms with Crippen LogP contribution in [-0.2, 0) is 16.0 Å². The van der Waals surface area contributed by atoms with E-state index >= 15 is 0 Å². The second kappa shape index (κ2) is 8.35. The van der Waals surface area contributed by atoms with E-state index in [2.05, 4.69) is 49.2 Å². The minimum Gasteiger partial charge on any atom is -0.466 e. The van der Waals surface area contributed by atoms with Crippen LogP contribution in [0.25, 0.3) is 0 Å². The van der Waals surface area contributed by atoms with E-state index in [1.807, 2.05) is 6.92 Å². The Kier molecular flexibility index (Phi) is 6.70. The maximum atomic E-state index is 12.3. The van der Waals surface area contributed by atoms with Crippen LogP contribution in [0.2, 0.25) is 0 Å². The summed E-state index contributed by atoms with van der Waals surface area (Å²) in [5.41, 5.74) is 1.40. The van der Waals surface area contributed by atoms with Crippen LogP contribution < -0.4 is 0 Å². The monoisotopic (exact) mass is 351 g/mol. The summed E-state index contributed by atoms with van der Waals surface area (Å²) in [5.74, 6) is 1.43. The van der Waals surface area contributed by atoms with E-state index in [9.17, 15) is 4.79 Å². The molecule has 1 aliphatic carbocycles. The van der Waals surface area contributed by atoms with Crippen LogP contribution in [0.15, 0.2) is 30.3 Å². The number of benzene rings is 1. The van der Waals surface area contributed by atoms with Gasteiger partial charge in [-0.2, -0.15) is 0 Å². The van der Waals surface area contributed by atoms with Gasteiger partial charge < -0.3 is 4.74 Å². The van der Waals surface area contributed by atoms with Gasteiger partial charge in [0, 0.05) is 12.1 Å². The second-order valence-electron chi connectivity index (χ2n) is 7.15. The van der Waals surface area contributed by atoms with Crippen molar-refractivity contribution in [3.63, 3.8) is 0 Å². The standard InChI is InChI=1S/C20H29NO2.ClH/c1-4-15-12-19-17(20(22)23-5-2)13-16(15)18(21(19)3)11-14-9-7-6-8-10-14;/h6-10,15-19H,4-5,11-13H2,1-3H3;1H. The average molecular weight is 352 g/mol. The number of hydrogen-bond acceptors (Lipinski definition) is 3. The number of esters is 1. The molecule has 134 valence electrons. The zero-order chi connectivity index (χ0) is 16.4. The lowest BCUT2D eigenvalue weighted by Crippen LogP contribution is -2.62. The molecule has 2 heterocycles. The summed E-state index contributed by atoms with van der Waals surface area (Å²) in [4.78, 5) is 14.8. The lowest BCUT2D eigenvalue weighted by molar-refractivity contribution is -0.161. The molecule has 2 bridgehead atoms. The summed E-state index contributed by atoms with van der Waals surface area (Å²) in [5, 5.41) is 0. The van der Waals surface area contributed by atoms with E-state index in [-0.39, 0.29) is 24.3 Å². The number of hydrogen-bond donors (Lipinski definition) is 0. The fourth-order valence-corrected chi connectivity index (χ4v) is 4.88. The molecule has 1 aromatic rings. The van der Waals surface area contributed by atoms with E-state index < -0.39 is 0 Å². The van der Waals surface area contributed by atoms with Crippen molar-refractivity contribution in [3.05, 3.63) is 35.9 Å². The highest BCUT2D eigenvalue weighted by molar-refractivity contribution is 5.85. The van der Waals surface area contributed by atoms with Gasteiger partial charge in [0.1, 0.15) is 0 Å². The molecule has 3 nitrogen and oxygen atoms in total. The molecule has 5 unspecified atom stereocenters. The van der Waals surface area contributed by atoms with E-state index in [1.165, 1.54) is 12.0 Å². The quantitative estimate of drug-likeness (QED) is 0.752. The third kappa shape index (κ3) is 3.62. The molecule has 1 saturated carbocycles. The maximum Gasteiger partial charge on any atom is 0.310 e. The van der Waals surface area contributed by atoms with Crippen molar-refractivity contribution < 1.29 is 9.53 Å². The predicted molar refractivity (Wildman–Crippen MR) is 99.4 cm³/mol. The number of carbonyl (C=O) groups excluding carboxylic acids is 1. The average Bonchev–Trinajstić information content (AvgIpc) is 2.58. The van der Waals surface area contributed by atoms with Crippen molar-refractivity contribution in [2.45, 2.75) is 51.6 Å². The Morgan fingerprint density at radius 3 is 2.54 bits per heavy atom. The molecular weight excluding hydrogens is 322 g/mol. The van der Waals surface area contributed by atoms with Crippen LogP contribution in [0, 0.1) is 17.8 Å². The Hall–Kier alpha value is -1.06. The van der Waals surface area contributed by atoms with Crippen molar-refractivity contribution in [1.29, 1.82) is 0 Å². The SMILES string of the molecule is CCOC(=O)C1CC2C(CC)CC1N(C)C2Cc1ccccc1.Cl. The molecule has 0 N–H and O–H groups in total. The largest absolute Gasteiger partial charge is 0.466 e. The van der Waals surface area contributed by atoms with E-state index in [0.29, 0.717) is 24.6 Å². The van der Waals surface area contributed by atoms with E-state index in [4.69, 9.17) is 4.74 Å². The number of halogens is 1. The summed E-state index contributed by atoms with van der Waals surface area (Å²) < 4.78 is 5.34. The van der Waals surface area contributed by atoms with E-state index in [1.54, 1.807) is 0 Å². The van der Waals surface area contributed by atoms with Crippen molar-refractivity contribution >= 4 is 18.4 Å². The lowest BCUT2D eigenvalue weighted by atomic mass is 9.62. The highest BCUT2D eigenvalue weighted by Gasteiger charge is 2.51. The molecule has 5 atom stereocenters. The predicted octanol–water partition coefficient (Wildman–Crippen LogP) is 3.95. The number of fused-ring (bicyclic) bond motifs is 3. The molecule has 1 aromatic carbocycles. The van der Waals surface area contributed by atoms with Crippen LogP contribution in [0.5, 0.6) is 0 Å². The zero-order valence-corrected chi connectivity index (χ0v) is 15.8. The van der Waals surface area contributed by atoms with Gasteiger partial charge >= 0.3 is 5.97 Å². The number of ether oxygens (including phenoxy) is 1. The fourth-order valence-electron chi connectivity index (χ4n) is 4.88. The smallest absolute Gasteiger partial charge is 0.310 e. The molecule has 3 aliphatic rings. The van der Waals surface area contributed by atoms with E-state index in [0.717, 1.165) is 25.2 Å². The number of nitrogens with zero attached hydrogens (tertiary/aromatic N) is 1. The van der Waals surface area contributed by atoms with Gasteiger partial charge in [-0.05, 0) is 50.6 Å². The molecule has 0 aromatic heterocycles. The minimum absolute atomic E-state index is 0. The third-order valence-electron chi connectivity index (χ3n) is 6.08. The van der Waals surface area contributed by atoms with Gasteiger partial charge in [0.05, 0.1) is 12.5 Å². The Labute approximate surface area is 152 Å². The molecule has 0 radical (unpaired) electrons. The third-order valence-corrected chi connectivity index (χ3v) is 6.08. The molecule has 0 amide bonds. The van der Waals surface area contributed by atoms with Crippen LogP contribution in [0.4, 0.5) is 0 Å². The van der Waals surface area contributed by atoms with Crippen molar-refractivity contribution in [3.8, 4) is 0 Å². The van der Waals surface area contributed by atoms with Gasteiger partial charge in [0.2, 0.25) is 0 Å². The van der Waals surface area contributed by atoms with Gasteiger partial charge in [0.25, 0.3) is 0 Å². The number of carbonyl (C=O) groups is 1. The molecule has 4 heteroatoms. The second-order valence-corrected chi connectivity index (χ2v) is 7.15. The summed E-state index contributed by atoms with van der Waals surface area (Å²) in [7, 11) is 2.21. The number of rotatable bonds is 5. The van der Waals surface area contributed by atoms with Crippen molar-refractivity contribution in [2.75, 3.05) is 13.7 Å². The summed E-state index contributed by atoms with van der Waals surface area (Å²) in [6.45, 7) is 4.68. The Bertz CT molecular complexity index is 536. The first-order valence-corrected chi connectivity index (χ1v) is 9.08. The first-order chi connectivity index (χ1) is 11.2. The Balaban J connectivity index is 0.00000208. The fraction of sp³-hybridized carbons (Fsp3) is 0.650. The van der Waals surface area contributed by atoms with Gasteiger partial charge in [-0.15, -0.1) is 12.4 Å². The van der Waals surface area contributed by atoms with Crippen LogP contribution >= 0.6 is 12.4 Å². The Morgan fingerprint density at radius 1 is 1.21 bits per heavy atom. The van der Waals surface area contributed by atoms with Crippen molar-refractivity contribution in [1.82, 2.24) is 4.90 Å². The number of likely N-dealkylation sites (N-methyl/N-ethyl adjacent to an activating group) is 1. The highest BCUT2D eigenvalue weighted by Crippen LogP contribution is 2.48. The summed E-state index contributed by atoms with van der Waals surface area (Å²) in [6, 6.07) is 11.7. The van der Waals surface area contributed by atoms with Gasteiger partial charge in [-0.1, -0.05) is 43.7 Å². The first kappa shape index (κ1) is 19.3. The summed E-state index contributed by atoms with van der Waals surface area (Å²) >= 11 is 0. The van der Waals surface area contributed by atoms with Crippen LogP contribution in [0.3, 0.4) is 0 Å². The highest BCUT2D eigenvalue weighted by atomic mass is 35.5. The van der Waals surface area contributed by atoms with Crippen molar-refractivity contribution in [2.24, 2.45) is 17.8 Å². The number of piperidine rings is 2. The minimum atomic E-state index is 0. The normalized spacial score (nSPS) is 32.2. The lowest BCUT2D eigenvalue weighted by Gasteiger charge is -2.56. The molecule has 3 fully saturated rings. The zero-order valence-electron chi connectivity index (χ0n) is 15.0. The van der Waals surface area contributed by atoms with Gasteiger partial charge in [0.15, 0.2) is 0 Å². The molecule has 2 saturated heterocycles. The topological polar surface area (TPSA) is 29.5 Å². The first-order valence-electron chi connectivity index (χ1n) is 9.08.